The molecule has 0 aliphatic carbocycles. The monoisotopic (exact) mass is 457 g/mol. The smallest absolute Gasteiger partial charge is 0.157 e. The first kappa shape index (κ1) is 22.2. The zero-order chi connectivity index (χ0) is 23.7. The van der Waals surface area contributed by atoms with Crippen LogP contribution in [0.3, 0.4) is 0 Å². The van der Waals surface area contributed by atoms with E-state index < -0.39 is 0 Å². The van der Waals surface area contributed by atoms with E-state index in [0.29, 0.717) is 17.9 Å². The van der Waals surface area contributed by atoms with Gasteiger partial charge in [-0.2, -0.15) is 5.26 Å². The van der Waals surface area contributed by atoms with Crippen LogP contribution in [0.1, 0.15) is 30.0 Å². The lowest BCUT2D eigenvalue weighted by Gasteiger charge is -2.36. The van der Waals surface area contributed by atoms with E-state index in [9.17, 15) is 9.65 Å². The van der Waals surface area contributed by atoms with Crippen molar-refractivity contribution in [2.45, 2.75) is 26.3 Å². The molecular weight excluding hydrogens is 429 g/mol. The summed E-state index contributed by atoms with van der Waals surface area (Å²) in [5.41, 5.74) is 5.22. The van der Waals surface area contributed by atoms with Crippen molar-refractivity contribution < 1.29 is 9.13 Å². The van der Waals surface area contributed by atoms with Crippen LogP contribution < -0.4 is 9.64 Å². The fraction of sp³-hybridized carbons (Fsp3) is 0.333. The molecule has 7 heteroatoms. The SMILES string of the molecule is CCCc1cc(N2CCN(Cc3cc(F)ccc3OC)CC2)n2c(nc3ccccc32)c1C#N. The number of benzene rings is 2. The van der Waals surface area contributed by atoms with Gasteiger partial charge in [-0.15, -0.1) is 0 Å². The minimum atomic E-state index is -0.246. The molecule has 1 aliphatic heterocycles. The molecule has 1 saturated heterocycles. The minimum Gasteiger partial charge on any atom is -0.496 e. The number of aryl methyl sites for hydroxylation is 1. The summed E-state index contributed by atoms with van der Waals surface area (Å²) in [5, 5.41) is 9.95. The maximum Gasteiger partial charge on any atom is 0.157 e. The second kappa shape index (κ2) is 9.32. The summed E-state index contributed by atoms with van der Waals surface area (Å²) >= 11 is 0. The third-order valence-electron chi connectivity index (χ3n) is 6.60. The minimum absolute atomic E-state index is 0.246. The number of rotatable bonds is 6. The van der Waals surface area contributed by atoms with Crippen LogP contribution in [-0.2, 0) is 13.0 Å². The van der Waals surface area contributed by atoms with Crippen molar-refractivity contribution in [3.63, 3.8) is 0 Å². The van der Waals surface area contributed by atoms with E-state index in [1.54, 1.807) is 19.2 Å². The zero-order valence-electron chi connectivity index (χ0n) is 19.6. The van der Waals surface area contributed by atoms with E-state index >= 15 is 0 Å². The molecule has 0 spiro atoms. The second-order valence-electron chi connectivity index (χ2n) is 8.74. The Morgan fingerprint density at radius 3 is 2.59 bits per heavy atom. The van der Waals surface area contributed by atoms with Crippen LogP contribution in [-0.4, -0.2) is 47.6 Å². The molecule has 6 nitrogen and oxygen atoms in total. The summed E-state index contributed by atoms with van der Waals surface area (Å²) in [6.45, 7) is 6.13. The fourth-order valence-corrected chi connectivity index (χ4v) is 4.93. The molecule has 2 aromatic heterocycles. The lowest BCUT2D eigenvalue weighted by Crippen LogP contribution is -2.46. The first-order valence-electron chi connectivity index (χ1n) is 11.8. The Balaban J connectivity index is 1.47. The van der Waals surface area contributed by atoms with Gasteiger partial charge in [0.1, 0.15) is 23.5 Å². The van der Waals surface area contributed by atoms with E-state index in [1.165, 1.54) is 6.07 Å². The quantitative estimate of drug-likeness (QED) is 0.417. The molecule has 1 fully saturated rings. The van der Waals surface area contributed by atoms with Gasteiger partial charge >= 0.3 is 0 Å². The van der Waals surface area contributed by atoms with Crippen molar-refractivity contribution in [3.8, 4) is 11.8 Å². The van der Waals surface area contributed by atoms with Gasteiger partial charge in [-0.05, 0) is 48.4 Å². The number of fused-ring (bicyclic) bond motifs is 3. The van der Waals surface area contributed by atoms with Crippen molar-refractivity contribution in [1.29, 1.82) is 5.26 Å². The van der Waals surface area contributed by atoms with Crippen LogP contribution in [0, 0.1) is 17.1 Å². The van der Waals surface area contributed by atoms with Gasteiger partial charge < -0.3 is 9.64 Å². The molecule has 0 radical (unpaired) electrons. The number of anilines is 1. The first-order valence-corrected chi connectivity index (χ1v) is 11.8. The van der Waals surface area contributed by atoms with Gasteiger partial charge in [0, 0.05) is 38.3 Å². The van der Waals surface area contributed by atoms with Crippen LogP contribution >= 0.6 is 0 Å². The standard InChI is InChI=1S/C27H28FN5O/c1-3-6-19-16-26(33-24-8-5-4-7-23(24)30-27(33)22(19)17-29)32-13-11-31(12-14-32)18-20-15-21(28)9-10-25(20)34-2/h4-5,7-10,15-16H,3,6,11-14,18H2,1-2H3. The molecule has 174 valence electrons. The molecule has 1 aliphatic rings. The molecule has 0 N–H and O–H groups in total. The van der Waals surface area contributed by atoms with E-state index in [1.807, 2.05) is 18.2 Å². The molecule has 0 unspecified atom stereocenters. The Labute approximate surface area is 198 Å². The number of ether oxygens (including phenoxy) is 1. The lowest BCUT2D eigenvalue weighted by molar-refractivity contribution is 0.245. The molecule has 5 rings (SSSR count). The lowest BCUT2D eigenvalue weighted by atomic mass is 10.0. The second-order valence-corrected chi connectivity index (χ2v) is 8.74. The summed E-state index contributed by atoms with van der Waals surface area (Å²) in [7, 11) is 1.62. The van der Waals surface area contributed by atoms with Crippen molar-refractivity contribution in [2.75, 3.05) is 38.2 Å². The highest BCUT2D eigenvalue weighted by Gasteiger charge is 2.24. The van der Waals surface area contributed by atoms with Crippen molar-refractivity contribution in [2.24, 2.45) is 0 Å². The summed E-state index contributed by atoms with van der Waals surface area (Å²) in [6.07, 6.45) is 1.81. The number of halogens is 1. The zero-order valence-corrected chi connectivity index (χ0v) is 19.6. The number of hydrogen-bond donors (Lipinski definition) is 0. The van der Waals surface area contributed by atoms with Gasteiger partial charge in [-0.1, -0.05) is 25.5 Å². The van der Waals surface area contributed by atoms with Crippen molar-refractivity contribution in [3.05, 3.63) is 71.0 Å². The van der Waals surface area contributed by atoms with Gasteiger partial charge in [0.25, 0.3) is 0 Å². The number of piperazine rings is 1. The van der Waals surface area contributed by atoms with E-state index in [0.717, 1.165) is 72.6 Å². The topological polar surface area (TPSA) is 56.8 Å². The van der Waals surface area contributed by atoms with Gasteiger partial charge in [0.15, 0.2) is 5.65 Å². The summed E-state index contributed by atoms with van der Waals surface area (Å²) in [4.78, 5) is 9.54. The highest BCUT2D eigenvalue weighted by molar-refractivity contribution is 5.85. The number of methoxy groups -OCH3 is 1. The average Bonchev–Trinajstić information content (AvgIpc) is 3.24. The first-order chi connectivity index (χ1) is 16.6. The molecule has 0 atom stereocenters. The van der Waals surface area contributed by atoms with E-state index in [4.69, 9.17) is 9.72 Å². The predicted molar refractivity (Wildman–Crippen MR) is 132 cm³/mol. The maximum absolute atomic E-state index is 13.8. The highest BCUT2D eigenvalue weighted by Crippen LogP contribution is 2.31. The Kier molecular flexibility index (Phi) is 6.08. The van der Waals surface area contributed by atoms with Crippen LogP contribution in [0.5, 0.6) is 5.75 Å². The number of pyridine rings is 1. The van der Waals surface area contributed by atoms with Crippen molar-refractivity contribution >= 4 is 22.5 Å². The van der Waals surface area contributed by atoms with Crippen LogP contribution in [0.2, 0.25) is 0 Å². The number of para-hydroxylation sites is 2. The molecule has 0 saturated carbocycles. The molecular formula is C27H28FN5O. The molecule has 2 aromatic carbocycles. The largest absolute Gasteiger partial charge is 0.496 e. The Morgan fingerprint density at radius 2 is 1.85 bits per heavy atom. The summed E-state index contributed by atoms with van der Waals surface area (Å²) < 4.78 is 21.4. The normalized spacial score (nSPS) is 14.6. The van der Waals surface area contributed by atoms with Crippen molar-refractivity contribution in [1.82, 2.24) is 14.3 Å². The van der Waals surface area contributed by atoms with E-state index in [2.05, 4.69) is 39.3 Å². The maximum atomic E-state index is 13.8. The highest BCUT2D eigenvalue weighted by atomic mass is 19.1. The average molecular weight is 458 g/mol. The third-order valence-corrected chi connectivity index (χ3v) is 6.60. The van der Waals surface area contributed by atoms with Gasteiger partial charge in [0.2, 0.25) is 0 Å². The number of aromatic nitrogens is 2. The third kappa shape index (κ3) is 3.95. The Bertz CT molecular complexity index is 1380. The van der Waals surface area contributed by atoms with E-state index in [-0.39, 0.29) is 5.82 Å². The fourth-order valence-electron chi connectivity index (χ4n) is 4.93. The van der Waals surface area contributed by atoms with Gasteiger partial charge in [-0.3, -0.25) is 9.30 Å². The number of nitriles is 1. The number of imidazole rings is 1. The summed E-state index contributed by atoms with van der Waals surface area (Å²) in [6, 6.07) is 17.3. The molecule has 34 heavy (non-hydrogen) atoms. The van der Waals surface area contributed by atoms with Crippen LogP contribution in [0.25, 0.3) is 16.7 Å². The summed E-state index contributed by atoms with van der Waals surface area (Å²) in [5.74, 6) is 1.55. The number of nitrogens with zero attached hydrogens (tertiary/aromatic N) is 5. The van der Waals surface area contributed by atoms with Gasteiger partial charge in [-0.25, -0.2) is 9.37 Å². The molecule has 0 bridgehead atoms. The molecule has 0 amide bonds. The van der Waals surface area contributed by atoms with Crippen LogP contribution in [0.15, 0.2) is 48.5 Å². The van der Waals surface area contributed by atoms with Crippen LogP contribution in [0.4, 0.5) is 10.2 Å². The molecule has 3 heterocycles. The Hall–Kier alpha value is -3.63. The Morgan fingerprint density at radius 1 is 1.06 bits per heavy atom. The number of hydrogen-bond acceptors (Lipinski definition) is 5. The predicted octanol–water partition coefficient (Wildman–Crippen LogP) is 4.78. The van der Waals surface area contributed by atoms with Gasteiger partial charge in [0.05, 0.1) is 23.7 Å². The molecule has 4 aromatic rings.